The number of thioether (sulfide) groups is 1. The molecule has 0 unspecified atom stereocenters. The quantitative estimate of drug-likeness (QED) is 0.659. The fourth-order valence-corrected chi connectivity index (χ4v) is 5.44. The van der Waals surface area contributed by atoms with E-state index in [1.165, 1.54) is 30.4 Å². The average Bonchev–Trinajstić information content (AvgIpc) is 3.30. The number of carbonyl (C=O) groups excluding carboxylic acids is 1. The number of anilines is 1. The third kappa shape index (κ3) is 5.33. The number of aromatic nitrogens is 1. The fraction of sp³-hybridized carbons (Fsp3) is 0.474. The Morgan fingerprint density at radius 3 is 2.52 bits per heavy atom. The van der Waals surface area contributed by atoms with Gasteiger partial charge in [0.25, 0.3) is 0 Å². The van der Waals surface area contributed by atoms with Crippen LogP contribution in [0.15, 0.2) is 39.6 Å². The number of sulfone groups is 1. The van der Waals surface area contributed by atoms with E-state index < -0.39 is 9.84 Å². The van der Waals surface area contributed by atoms with Crippen LogP contribution in [0.4, 0.5) is 5.13 Å². The Labute approximate surface area is 168 Å². The minimum Gasteiger partial charge on any atom is -0.301 e. The van der Waals surface area contributed by atoms with Crippen LogP contribution in [0.1, 0.15) is 43.6 Å². The third-order valence-electron chi connectivity index (χ3n) is 4.99. The molecule has 8 heteroatoms. The molecule has 1 saturated carbocycles. The van der Waals surface area contributed by atoms with E-state index in [1.807, 2.05) is 6.26 Å². The van der Waals surface area contributed by atoms with Crippen LogP contribution in [0, 0.1) is 5.92 Å². The molecule has 1 fully saturated rings. The van der Waals surface area contributed by atoms with Crippen LogP contribution in [0.25, 0.3) is 0 Å². The number of hydrogen-bond acceptors (Lipinski definition) is 6. The lowest BCUT2D eigenvalue weighted by atomic mass is 9.87. The van der Waals surface area contributed by atoms with Crippen LogP contribution in [-0.2, 0) is 14.6 Å². The maximum Gasteiger partial charge on any atom is 0.233 e. The molecular formula is C19H24N2O3S3. The standard InChI is InChI=1S/C19H24N2O3S3/c1-25-17-12-20-19(26-17)21-18(22)16(11-13-5-3-4-6-13)14-7-9-15(10-8-14)27(2,23)24/h7-10,12-13,16H,3-6,11H2,1-2H3,(H,20,21,22)/t16-/m1/s1. The number of carbonyl (C=O) groups is 1. The molecule has 5 nitrogen and oxygen atoms in total. The Morgan fingerprint density at radius 1 is 1.30 bits per heavy atom. The van der Waals surface area contributed by atoms with E-state index in [9.17, 15) is 13.2 Å². The molecule has 1 heterocycles. The van der Waals surface area contributed by atoms with Crippen molar-refractivity contribution >= 4 is 44.0 Å². The van der Waals surface area contributed by atoms with Crippen molar-refractivity contribution in [3.8, 4) is 0 Å². The molecule has 0 aliphatic heterocycles. The van der Waals surface area contributed by atoms with Gasteiger partial charge in [-0.15, -0.1) is 11.8 Å². The Balaban J connectivity index is 1.82. The Kier molecular flexibility index (Phi) is 6.60. The monoisotopic (exact) mass is 424 g/mol. The normalized spacial score (nSPS) is 16.4. The molecule has 146 valence electrons. The van der Waals surface area contributed by atoms with E-state index in [2.05, 4.69) is 10.3 Å². The first-order valence-corrected chi connectivity index (χ1v) is 12.9. The number of nitrogens with zero attached hydrogens (tertiary/aromatic N) is 1. The molecule has 1 N–H and O–H groups in total. The van der Waals surface area contributed by atoms with E-state index in [-0.39, 0.29) is 16.7 Å². The lowest BCUT2D eigenvalue weighted by molar-refractivity contribution is -0.118. The van der Waals surface area contributed by atoms with Crippen molar-refractivity contribution in [1.29, 1.82) is 0 Å². The third-order valence-corrected chi connectivity index (χ3v) is 8.08. The topological polar surface area (TPSA) is 76.1 Å². The maximum absolute atomic E-state index is 13.0. The van der Waals surface area contributed by atoms with E-state index in [1.54, 1.807) is 42.2 Å². The number of hydrogen-bond donors (Lipinski definition) is 1. The van der Waals surface area contributed by atoms with Crippen molar-refractivity contribution in [1.82, 2.24) is 4.98 Å². The molecule has 1 amide bonds. The van der Waals surface area contributed by atoms with Gasteiger partial charge in [-0.2, -0.15) is 0 Å². The summed E-state index contributed by atoms with van der Waals surface area (Å²) in [6.07, 6.45) is 10.5. The highest BCUT2D eigenvalue weighted by Crippen LogP contribution is 2.35. The number of thiazole rings is 1. The number of rotatable bonds is 7. The summed E-state index contributed by atoms with van der Waals surface area (Å²) in [5.41, 5.74) is 0.855. The first-order valence-electron chi connectivity index (χ1n) is 8.97. The molecule has 1 atom stereocenters. The summed E-state index contributed by atoms with van der Waals surface area (Å²) in [6, 6.07) is 6.72. The van der Waals surface area contributed by atoms with Crippen molar-refractivity contribution in [2.24, 2.45) is 5.92 Å². The van der Waals surface area contributed by atoms with Gasteiger partial charge in [-0.25, -0.2) is 13.4 Å². The first kappa shape index (κ1) is 20.4. The molecule has 1 aliphatic carbocycles. The van der Waals surface area contributed by atoms with Crippen LogP contribution < -0.4 is 5.32 Å². The number of amides is 1. The Bertz CT molecular complexity index is 885. The molecule has 2 aromatic rings. The molecule has 1 aromatic carbocycles. The van der Waals surface area contributed by atoms with Gasteiger partial charge in [0.15, 0.2) is 15.0 Å². The van der Waals surface area contributed by atoms with E-state index >= 15 is 0 Å². The summed E-state index contributed by atoms with van der Waals surface area (Å²) in [7, 11) is -3.25. The number of nitrogens with one attached hydrogen (secondary N) is 1. The van der Waals surface area contributed by atoms with Gasteiger partial charge in [-0.05, 0) is 36.3 Å². The summed E-state index contributed by atoms with van der Waals surface area (Å²) in [5.74, 6) is 0.160. The predicted molar refractivity (Wildman–Crippen MR) is 111 cm³/mol. The second-order valence-electron chi connectivity index (χ2n) is 6.96. The predicted octanol–water partition coefficient (Wildman–Crippen LogP) is 4.57. The lowest BCUT2D eigenvalue weighted by Crippen LogP contribution is -2.23. The van der Waals surface area contributed by atoms with Gasteiger partial charge in [-0.1, -0.05) is 49.2 Å². The SMILES string of the molecule is CSc1cnc(NC(=O)[C@H](CC2CCCC2)c2ccc(S(C)(=O)=O)cc2)s1. The molecule has 27 heavy (non-hydrogen) atoms. The van der Waals surface area contributed by atoms with E-state index in [0.717, 1.165) is 29.0 Å². The van der Waals surface area contributed by atoms with Gasteiger partial charge in [-0.3, -0.25) is 4.79 Å². The molecule has 3 rings (SSSR count). The zero-order chi connectivity index (χ0) is 19.4. The molecule has 1 aliphatic rings. The molecule has 0 bridgehead atoms. The minimum atomic E-state index is -3.25. The van der Waals surface area contributed by atoms with Crippen LogP contribution in [0.2, 0.25) is 0 Å². The van der Waals surface area contributed by atoms with Crippen LogP contribution >= 0.6 is 23.1 Å². The summed E-state index contributed by atoms with van der Waals surface area (Å²) < 4.78 is 24.5. The van der Waals surface area contributed by atoms with Crippen LogP contribution in [0.3, 0.4) is 0 Å². The molecule has 1 aromatic heterocycles. The van der Waals surface area contributed by atoms with Gasteiger partial charge in [0.1, 0.15) is 0 Å². The lowest BCUT2D eigenvalue weighted by Gasteiger charge is -2.20. The van der Waals surface area contributed by atoms with E-state index in [0.29, 0.717) is 11.0 Å². The fourth-order valence-electron chi connectivity index (χ4n) is 3.53. The first-order chi connectivity index (χ1) is 12.9. The van der Waals surface area contributed by atoms with Gasteiger partial charge < -0.3 is 5.32 Å². The van der Waals surface area contributed by atoms with Crippen LogP contribution in [0.5, 0.6) is 0 Å². The van der Waals surface area contributed by atoms with Gasteiger partial charge >= 0.3 is 0 Å². The molecule has 0 radical (unpaired) electrons. The second-order valence-corrected chi connectivity index (χ2v) is 11.1. The van der Waals surface area contributed by atoms with Crippen LogP contribution in [-0.4, -0.2) is 31.8 Å². The average molecular weight is 425 g/mol. The molecule has 0 saturated heterocycles. The van der Waals surface area contributed by atoms with E-state index in [4.69, 9.17) is 0 Å². The maximum atomic E-state index is 13.0. The number of benzene rings is 1. The van der Waals surface area contributed by atoms with Crippen molar-refractivity contribution in [2.45, 2.75) is 47.1 Å². The largest absolute Gasteiger partial charge is 0.301 e. The molecular weight excluding hydrogens is 400 g/mol. The van der Waals surface area contributed by atoms with Crippen molar-refractivity contribution in [3.63, 3.8) is 0 Å². The zero-order valence-corrected chi connectivity index (χ0v) is 17.9. The summed E-state index contributed by atoms with van der Waals surface area (Å²) in [5, 5.41) is 3.56. The minimum absolute atomic E-state index is 0.0731. The van der Waals surface area contributed by atoms with Gasteiger partial charge in [0.05, 0.1) is 21.2 Å². The van der Waals surface area contributed by atoms with Gasteiger partial charge in [0.2, 0.25) is 5.91 Å². The second kappa shape index (κ2) is 8.75. The highest BCUT2D eigenvalue weighted by Gasteiger charge is 2.27. The van der Waals surface area contributed by atoms with Crippen molar-refractivity contribution in [3.05, 3.63) is 36.0 Å². The summed E-state index contributed by atoms with van der Waals surface area (Å²) in [4.78, 5) is 17.6. The smallest absolute Gasteiger partial charge is 0.233 e. The Hall–Kier alpha value is -1.38. The van der Waals surface area contributed by atoms with Crippen molar-refractivity contribution in [2.75, 3.05) is 17.8 Å². The Morgan fingerprint density at radius 2 is 1.96 bits per heavy atom. The highest BCUT2D eigenvalue weighted by atomic mass is 32.2. The zero-order valence-electron chi connectivity index (χ0n) is 15.5. The van der Waals surface area contributed by atoms with Crippen molar-refractivity contribution < 1.29 is 13.2 Å². The molecule has 0 spiro atoms. The highest BCUT2D eigenvalue weighted by molar-refractivity contribution is 8.00. The summed E-state index contributed by atoms with van der Waals surface area (Å²) in [6.45, 7) is 0. The summed E-state index contributed by atoms with van der Waals surface area (Å²) >= 11 is 3.06. The van der Waals surface area contributed by atoms with Gasteiger partial charge in [0, 0.05) is 6.26 Å².